The number of allylic oxidation sites excluding steroid dienone is 2. The molecule has 0 aliphatic heterocycles. The third-order valence-electron chi connectivity index (χ3n) is 4.61. The second-order valence-corrected chi connectivity index (χ2v) is 6.76. The molecule has 4 heteroatoms. The quantitative estimate of drug-likeness (QED) is 0.372. The third kappa shape index (κ3) is 9.54. The lowest BCUT2D eigenvalue weighted by molar-refractivity contribution is -0.137. The van der Waals surface area contributed by atoms with Crippen LogP contribution in [0.5, 0.6) is 0 Å². The van der Waals surface area contributed by atoms with Crippen molar-refractivity contribution in [3.05, 3.63) is 12.2 Å². The Labute approximate surface area is 140 Å². The maximum Gasteiger partial charge on any atom is 0.303 e. The van der Waals surface area contributed by atoms with Gasteiger partial charge in [-0.2, -0.15) is 0 Å². The summed E-state index contributed by atoms with van der Waals surface area (Å²) in [6.07, 6.45) is 12.5. The van der Waals surface area contributed by atoms with Gasteiger partial charge in [-0.15, -0.1) is 0 Å². The Kier molecular flexibility index (Phi) is 9.85. The van der Waals surface area contributed by atoms with Crippen molar-refractivity contribution >= 4 is 11.8 Å². The van der Waals surface area contributed by atoms with E-state index < -0.39 is 12.1 Å². The number of carbonyl (C=O) groups excluding carboxylic acids is 1. The molecule has 2 N–H and O–H groups in total. The van der Waals surface area contributed by atoms with Gasteiger partial charge in [0, 0.05) is 12.8 Å². The predicted octanol–water partition coefficient (Wildman–Crippen LogP) is 4.11. The van der Waals surface area contributed by atoms with Crippen molar-refractivity contribution in [3.8, 4) is 0 Å². The van der Waals surface area contributed by atoms with Crippen molar-refractivity contribution in [2.75, 3.05) is 0 Å². The molecule has 0 unspecified atom stereocenters. The highest BCUT2D eigenvalue weighted by Gasteiger charge is 2.38. The molecule has 0 aromatic heterocycles. The van der Waals surface area contributed by atoms with E-state index in [2.05, 4.69) is 19.1 Å². The van der Waals surface area contributed by atoms with Crippen LogP contribution in [-0.4, -0.2) is 28.1 Å². The summed E-state index contributed by atoms with van der Waals surface area (Å²) in [7, 11) is 0. The second kappa shape index (κ2) is 11.4. The number of ketones is 1. The molecule has 0 heterocycles. The zero-order chi connectivity index (χ0) is 17.1. The molecule has 0 saturated heterocycles. The SMILES string of the molecule is CC/C=C\C[C@H]1C[C@H]1CC(=O)[C@@H](O)CCCCCCCC(=O)O. The van der Waals surface area contributed by atoms with Crippen LogP contribution in [0, 0.1) is 11.8 Å². The molecule has 0 bridgehead atoms. The zero-order valence-electron chi connectivity index (χ0n) is 14.4. The van der Waals surface area contributed by atoms with E-state index in [1.165, 1.54) is 0 Å². The smallest absolute Gasteiger partial charge is 0.303 e. The molecular weight excluding hydrogens is 292 g/mol. The van der Waals surface area contributed by atoms with Crippen molar-refractivity contribution in [2.24, 2.45) is 11.8 Å². The van der Waals surface area contributed by atoms with E-state index in [0.29, 0.717) is 31.1 Å². The molecule has 0 radical (unpaired) electrons. The van der Waals surface area contributed by atoms with Gasteiger partial charge in [0.15, 0.2) is 5.78 Å². The first-order chi connectivity index (χ1) is 11.0. The van der Waals surface area contributed by atoms with E-state index in [1.807, 2.05) is 0 Å². The van der Waals surface area contributed by atoms with Gasteiger partial charge < -0.3 is 10.2 Å². The standard InChI is InChI=1S/C19H32O4/c1-2-3-7-10-15-13-16(15)14-18(21)17(20)11-8-5-4-6-9-12-19(22)23/h3,7,15-17,20H,2,4-6,8-14H2,1H3,(H,22,23)/b7-3-/t15-,16-,17-/m0/s1. The molecule has 1 fully saturated rings. The maximum absolute atomic E-state index is 12.0. The van der Waals surface area contributed by atoms with Crippen LogP contribution in [0.15, 0.2) is 12.2 Å². The van der Waals surface area contributed by atoms with Crippen molar-refractivity contribution in [1.29, 1.82) is 0 Å². The summed E-state index contributed by atoms with van der Waals surface area (Å²) in [6.45, 7) is 2.12. The molecule has 0 aromatic carbocycles. The summed E-state index contributed by atoms with van der Waals surface area (Å²) in [6, 6.07) is 0. The highest BCUT2D eigenvalue weighted by molar-refractivity contribution is 5.83. The van der Waals surface area contributed by atoms with E-state index in [1.54, 1.807) is 0 Å². The Morgan fingerprint density at radius 2 is 1.78 bits per heavy atom. The van der Waals surface area contributed by atoms with E-state index in [9.17, 15) is 14.7 Å². The lowest BCUT2D eigenvalue weighted by atomic mass is 10.0. The van der Waals surface area contributed by atoms with E-state index in [4.69, 9.17) is 5.11 Å². The zero-order valence-corrected chi connectivity index (χ0v) is 14.4. The monoisotopic (exact) mass is 324 g/mol. The molecule has 1 rings (SSSR count). The third-order valence-corrected chi connectivity index (χ3v) is 4.61. The molecule has 4 nitrogen and oxygen atoms in total. The van der Waals surface area contributed by atoms with Crippen LogP contribution < -0.4 is 0 Å². The fourth-order valence-electron chi connectivity index (χ4n) is 2.99. The number of unbranched alkanes of at least 4 members (excludes halogenated alkanes) is 4. The normalized spacial score (nSPS) is 21.5. The van der Waals surface area contributed by atoms with Crippen LogP contribution in [0.4, 0.5) is 0 Å². The largest absolute Gasteiger partial charge is 0.481 e. The topological polar surface area (TPSA) is 74.6 Å². The summed E-state index contributed by atoms with van der Waals surface area (Å²) >= 11 is 0. The summed E-state index contributed by atoms with van der Waals surface area (Å²) in [5, 5.41) is 18.5. The number of carboxylic acid groups (broad SMARTS) is 1. The number of Topliss-reactive ketones (excluding diaryl/α,β-unsaturated/α-hetero) is 1. The van der Waals surface area contributed by atoms with Gasteiger partial charge in [-0.3, -0.25) is 9.59 Å². The van der Waals surface area contributed by atoms with Gasteiger partial charge in [0.2, 0.25) is 0 Å². The number of hydrogen-bond acceptors (Lipinski definition) is 3. The van der Waals surface area contributed by atoms with Gasteiger partial charge in [0.1, 0.15) is 6.10 Å². The molecule has 0 spiro atoms. The van der Waals surface area contributed by atoms with E-state index in [-0.39, 0.29) is 12.2 Å². The second-order valence-electron chi connectivity index (χ2n) is 6.76. The number of aliphatic carboxylic acids is 1. The van der Waals surface area contributed by atoms with Crippen LogP contribution in [-0.2, 0) is 9.59 Å². The molecule has 132 valence electrons. The molecule has 0 amide bonds. The van der Waals surface area contributed by atoms with Crippen molar-refractivity contribution in [3.63, 3.8) is 0 Å². The molecule has 0 aromatic rings. The van der Waals surface area contributed by atoms with Gasteiger partial charge >= 0.3 is 5.97 Å². The minimum atomic E-state index is -0.804. The lowest BCUT2D eigenvalue weighted by Gasteiger charge is -2.09. The number of carboxylic acids is 1. The Bertz CT molecular complexity index is 389. The van der Waals surface area contributed by atoms with Gasteiger partial charge in [-0.25, -0.2) is 0 Å². The fraction of sp³-hybridized carbons (Fsp3) is 0.789. The first kappa shape index (κ1) is 19.9. The Morgan fingerprint density at radius 3 is 2.48 bits per heavy atom. The van der Waals surface area contributed by atoms with Crippen LogP contribution >= 0.6 is 0 Å². The maximum atomic E-state index is 12.0. The lowest BCUT2D eigenvalue weighted by Crippen LogP contribution is -2.20. The van der Waals surface area contributed by atoms with Gasteiger partial charge in [-0.05, 0) is 43.9 Å². The number of carbonyl (C=O) groups is 2. The van der Waals surface area contributed by atoms with Crippen LogP contribution in [0.3, 0.4) is 0 Å². The van der Waals surface area contributed by atoms with Gasteiger partial charge in [0.25, 0.3) is 0 Å². The van der Waals surface area contributed by atoms with Gasteiger partial charge in [0.05, 0.1) is 0 Å². The summed E-state index contributed by atoms with van der Waals surface area (Å²) in [4.78, 5) is 22.3. The summed E-state index contributed by atoms with van der Waals surface area (Å²) in [5.74, 6) is 0.385. The van der Waals surface area contributed by atoms with Crippen molar-refractivity contribution in [2.45, 2.75) is 83.7 Å². The Hall–Kier alpha value is -1.16. The van der Waals surface area contributed by atoms with Crippen LogP contribution in [0.2, 0.25) is 0 Å². The molecule has 23 heavy (non-hydrogen) atoms. The number of aliphatic hydroxyl groups is 1. The van der Waals surface area contributed by atoms with Crippen LogP contribution in [0.1, 0.15) is 77.6 Å². The number of hydrogen-bond donors (Lipinski definition) is 2. The first-order valence-electron chi connectivity index (χ1n) is 9.12. The molecule has 1 aliphatic rings. The average molecular weight is 324 g/mol. The highest BCUT2D eigenvalue weighted by Crippen LogP contribution is 2.44. The highest BCUT2D eigenvalue weighted by atomic mass is 16.4. The van der Waals surface area contributed by atoms with Gasteiger partial charge in [-0.1, -0.05) is 44.8 Å². The Balaban J connectivity index is 2.00. The van der Waals surface area contributed by atoms with Crippen LogP contribution in [0.25, 0.3) is 0 Å². The molecule has 3 atom stereocenters. The van der Waals surface area contributed by atoms with E-state index in [0.717, 1.165) is 44.9 Å². The first-order valence-corrected chi connectivity index (χ1v) is 9.12. The molecule has 1 aliphatic carbocycles. The predicted molar refractivity (Wildman–Crippen MR) is 91.2 cm³/mol. The van der Waals surface area contributed by atoms with E-state index >= 15 is 0 Å². The van der Waals surface area contributed by atoms with Crippen molar-refractivity contribution < 1.29 is 19.8 Å². The average Bonchev–Trinajstić information content (AvgIpc) is 3.24. The molecular formula is C19H32O4. The Morgan fingerprint density at radius 1 is 1.09 bits per heavy atom. The molecule has 1 saturated carbocycles. The summed E-state index contributed by atoms with van der Waals surface area (Å²) < 4.78 is 0. The number of rotatable bonds is 14. The van der Waals surface area contributed by atoms with Crippen molar-refractivity contribution in [1.82, 2.24) is 0 Å². The minimum absolute atomic E-state index is 0.00264. The fourth-order valence-corrected chi connectivity index (χ4v) is 2.99. The summed E-state index contributed by atoms with van der Waals surface area (Å²) in [5.41, 5.74) is 0. The number of aliphatic hydroxyl groups excluding tert-OH is 1. The minimum Gasteiger partial charge on any atom is -0.481 e.